The predicted octanol–water partition coefficient (Wildman–Crippen LogP) is 20.1. The van der Waals surface area contributed by atoms with E-state index in [4.69, 9.17) is 19.9 Å². The van der Waals surface area contributed by atoms with Gasteiger partial charge in [0.05, 0.1) is 29.4 Å². The van der Waals surface area contributed by atoms with E-state index in [2.05, 4.69) is 114 Å². The number of aliphatic hydroxyl groups excluding tert-OH is 1. The molecule has 1 aromatic carbocycles. The predicted molar refractivity (Wildman–Crippen MR) is 309 cm³/mol. The minimum Gasteiger partial charge on any atom is -0.657 e. The molecule has 4 aromatic rings. The van der Waals surface area contributed by atoms with Crippen LogP contribution in [0, 0.1) is 0 Å². The van der Waals surface area contributed by atoms with Gasteiger partial charge in [-0.15, -0.1) is 22.1 Å². The maximum Gasteiger partial charge on any atom is 2.00 e. The van der Waals surface area contributed by atoms with Crippen LogP contribution in [0.1, 0.15) is 297 Å². The van der Waals surface area contributed by atoms with E-state index in [0.717, 1.165) is 87.2 Å². The van der Waals surface area contributed by atoms with Gasteiger partial charge in [-0.1, -0.05) is 250 Å². The van der Waals surface area contributed by atoms with E-state index in [1.54, 1.807) is 0 Å². The Kier molecular flexibility index (Phi) is 27.5. The van der Waals surface area contributed by atoms with Gasteiger partial charge in [0.25, 0.3) is 0 Å². The van der Waals surface area contributed by atoms with Gasteiger partial charge in [-0.2, -0.15) is 0 Å². The molecule has 0 radical (unpaired) electrons. The first-order valence-corrected chi connectivity index (χ1v) is 29.7. The van der Waals surface area contributed by atoms with Crippen molar-refractivity contribution in [3.63, 3.8) is 0 Å². The van der Waals surface area contributed by atoms with Crippen LogP contribution in [0.2, 0.25) is 0 Å². The summed E-state index contributed by atoms with van der Waals surface area (Å²) in [5.41, 5.74) is 15.5. The number of aliphatic hydroxyl groups is 1. The van der Waals surface area contributed by atoms with Gasteiger partial charge in [-0.25, -0.2) is 9.97 Å². The summed E-state index contributed by atoms with van der Waals surface area (Å²) < 4.78 is 0. The van der Waals surface area contributed by atoms with E-state index < -0.39 is 0 Å². The Morgan fingerprint density at radius 3 is 0.958 bits per heavy atom. The minimum atomic E-state index is 0. The molecule has 1 N–H and O–H groups in total. The Bertz CT molecular complexity index is 2220. The molecule has 0 aliphatic carbocycles. The molecular weight excluding hydrogens is 930 g/mol. The van der Waals surface area contributed by atoms with Crippen LogP contribution < -0.4 is 9.97 Å². The van der Waals surface area contributed by atoms with Crippen LogP contribution >= 0.6 is 0 Å². The van der Waals surface area contributed by atoms with Crippen LogP contribution in [0.3, 0.4) is 0 Å². The number of fused-ring (bicyclic) bond motifs is 8. The van der Waals surface area contributed by atoms with Crippen molar-refractivity contribution in [2.45, 2.75) is 259 Å². The molecule has 0 saturated carbocycles. The fourth-order valence-corrected chi connectivity index (χ4v) is 11.7. The third-order valence-electron chi connectivity index (χ3n) is 15.8. The number of unbranched alkanes of at least 4 members (excludes halogenated alkanes) is 18. The van der Waals surface area contributed by atoms with Crippen molar-refractivity contribution in [1.82, 2.24) is 19.9 Å². The maximum atomic E-state index is 10.1. The standard InChI is InChI=1S/C66H96N4O.Zn/c1-7-13-19-25-31-51(32-26-20-14-8-2)63-55-41-43-57(67-55)64(52(33-27-21-15-9-3)34-28-22-16-10-4)59-45-47-61(69-59)66(54-39-37-50(49-71)38-40-54)62-48-46-60(70-62)65(58-44-42-56(63)68-58)53(35-29-23-17-11-5)36-30-24-18-12-6;/h37-48,51-53,71H,7-36,49H2,1-6H3;/q-2;+2. The quantitative estimate of drug-likeness (QED) is 0.0317. The van der Waals surface area contributed by atoms with Gasteiger partial charge in [0.15, 0.2) is 0 Å². The summed E-state index contributed by atoms with van der Waals surface area (Å²) >= 11 is 0. The van der Waals surface area contributed by atoms with E-state index >= 15 is 0 Å². The van der Waals surface area contributed by atoms with E-state index in [1.165, 1.54) is 184 Å². The molecule has 0 amide bonds. The van der Waals surface area contributed by atoms with E-state index in [1.807, 2.05) is 0 Å². The van der Waals surface area contributed by atoms with Crippen LogP contribution in [0.15, 0.2) is 48.5 Å². The molecule has 2 aliphatic rings. The molecule has 0 spiro atoms. The van der Waals surface area contributed by atoms with Crippen LogP contribution in [-0.4, -0.2) is 15.1 Å². The fraction of sp³-hybridized carbons (Fsp3) is 0.606. The topological polar surface area (TPSA) is 74.2 Å². The van der Waals surface area contributed by atoms with Gasteiger partial charge >= 0.3 is 19.5 Å². The molecule has 0 saturated heterocycles. The second kappa shape index (κ2) is 33.3. The molecule has 5 heterocycles. The molecule has 6 rings (SSSR count). The van der Waals surface area contributed by atoms with Gasteiger partial charge in [0.2, 0.25) is 0 Å². The van der Waals surface area contributed by atoms with Gasteiger partial charge in [-0.3, -0.25) is 0 Å². The molecule has 3 aromatic heterocycles. The monoisotopic (exact) mass is 1020 g/mol. The van der Waals surface area contributed by atoms with Crippen LogP contribution in [0.25, 0.3) is 57.5 Å². The summed E-state index contributed by atoms with van der Waals surface area (Å²) in [7, 11) is 0. The Labute approximate surface area is 451 Å². The van der Waals surface area contributed by atoms with Crippen molar-refractivity contribution in [2.24, 2.45) is 0 Å². The zero-order chi connectivity index (χ0) is 50.0. The number of benzene rings is 1. The Morgan fingerprint density at radius 1 is 0.361 bits per heavy atom. The van der Waals surface area contributed by atoms with Crippen LogP contribution in [-0.2, 0) is 26.1 Å². The first-order valence-electron chi connectivity index (χ1n) is 29.7. The minimum absolute atomic E-state index is 0. The number of aromatic nitrogens is 4. The average Bonchev–Trinajstić information content (AvgIpc) is 4.25. The largest absolute Gasteiger partial charge is 2.00 e. The number of hydrogen-bond donors (Lipinski definition) is 1. The maximum absolute atomic E-state index is 10.1. The summed E-state index contributed by atoms with van der Waals surface area (Å²) in [5, 5.41) is 10.1. The Morgan fingerprint density at radius 2 is 0.653 bits per heavy atom. The van der Waals surface area contributed by atoms with E-state index in [9.17, 15) is 5.11 Å². The van der Waals surface area contributed by atoms with Gasteiger partial charge in [0.1, 0.15) is 0 Å². The SMILES string of the molecule is CCCCCCC(CCCCCC)c1c2nc(c(-c3ccc(CO)cc3)c3nc(c(C(CCCCCC)CCCCCC)c4ccc([n-]4)c(C(CCCCCC)CCCCCC)c4ccc1[n-]4)C=C3)C=C2.[Zn+2]. The summed E-state index contributed by atoms with van der Waals surface area (Å²) in [5.74, 6) is 1.11. The summed E-state index contributed by atoms with van der Waals surface area (Å²) in [6.45, 7) is 14.0. The Hall–Kier alpha value is -3.60. The molecule has 6 heteroatoms. The summed E-state index contributed by atoms with van der Waals surface area (Å²) in [6.07, 6.45) is 46.2. The number of hydrogen-bond acceptors (Lipinski definition) is 3. The van der Waals surface area contributed by atoms with Crippen molar-refractivity contribution in [3.05, 3.63) is 93.6 Å². The zero-order valence-corrected chi connectivity index (χ0v) is 49.5. The van der Waals surface area contributed by atoms with Crippen molar-refractivity contribution < 1.29 is 24.6 Å². The normalized spacial score (nSPS) is 12.3. The average molecular weight is 1030 g/mol. The molecule has 0 unspecified atom stereocenters. The second-order valence-electron chi connectivity index (χ2n) is 21.5. The summed E-state index contributed by atoms with van der Waals surface area (Å²) in [6, 6.07) is 17.9. The molecule has 5 nitrogen and oxygen atoms in total. The smallest absolute Gasteiger partial charge is 0.657 e. The van der Waals surface area contributed by atoms with E-state index in [0.29, 0.717) is 17.8 Å². The van der Waals surface area contributed by atoms with Crippen LogP contribution in [0.4, 0.5) is 0 Å². The fourth-order valence-electron chi connectivity index (χ4n) is 11.7. The first kappa shape index (κ1) is 59.3. The summed E-state index contributed by atoms with van der Waals surface area (Å²) in [4.78, 5) is 23.2. The number of rotatable bonds is 35. The zero-order valence-electron chi connectivity index (χ0n) is 46.5. The second-order valence-corrected chi connectivity index (χ2v) is 21.5. The third kappa shape index (κ3) is 17.2. The van der Waals surface area contributed by atoms with Crippen LogP contribution in [0.5, 0.6) is 0 Å². The van der Waals surface area contributed by atoms with Crippen molar-refractivity contribution in [2.75, 3.05) is 0 Å². The Balaban J connectivity index is 0.00000963. The van der Waals surface area contributed by atoms with Crippen molar-refractivity contribution >= 4 is 46.4 Å². The van der Waals surface area contributed by atoms with Crippen molar-refractivity contribution in [3.8, 4) is 11.1 Å². The van der Waals surface area contributed by atoms with Gasteiger partial charge < -0.3 is 15.1 Å². The number of nitrogens with zero attached hydrogens (tertiary/aromatic N) is 4. The van der Waals surface area contributed by atoms with Gasteiger partial charge in [0, 0.05) is 5.56 Å². The molecular formula is C66H96N4OZn. The molecule has 72 heavy (non-hydrogen) atoms. The molecule has 0 atom stereocenters. The molecule has 0 fully saturated rings. The van der Waals surface area contributed by atoms with Gasteiger partial charge in [-0.05, 0) is 103 Å². The molecule has 388 valence electrons. The van der Waals surface area contributed by atoms with Crippen molar-refractivity contribution in [1.29, 1.82) is 0 Å². The molecule has 2 aliphatic heterocycles. The third-order valence-corrected chi connectivity index (χ3v) is 15.8. The van der Waals surface area contributed by atoms with E-state index in [-0.39, 0.29) is 26.1 Å². The first-order chi connectivity index (χ1) is 35.0. The molecule has 8 bridgehead atoms.